The molecule has 0 unspecified atom stereocenters. The summed E-state index contributed by atoms with van der Waals surface area (Å²) in [5, 5.41) is 18.9. The average Bonchev–Trinajstić information content (AvgIpc) is 3.45. The van der Waals surface area contributed by atoms with Gasteiger partial charge in [0.05, 0.1) is 12.0 Å². The van der Waals surface area contributed by atoms with E-state index in [0.29, 0.717) is 23.3 Å². The molecule has 6 nitrogen and oxygen atoms in total. The number of para-hydroxylation sites is 1. The first-order valence-corrected chi connectivity index (χ1v) is 10.9. The maximum Gasteiger partial charge on any atom is 0.162 e. The fourth-order valence-electron chi connectivity index (χ4n) is 3.31. The molecule has 4 rings (SSSR count). The van der Waals surface area contributed by atoms with Crippen LogP contribution in [-0.2, 0) is 12.2 Å². The first-order valence-electron chi connectivity index (χ1n) is 9.87. The summed E-state index contributed by atoms with van der Waals surface area (Å²) in [5.41, 5.74) is 3.96. The van der Waals surface area contributed by atoms with Crippen LogP contribution in [-0.4, -0.2) is 37.4 Å². The van der Waals surface area contributed by atoms with Crippen LogP contribution < -0.4 is 0 Å². The van der Waals surface area contributed by atoms with Gasteiger partial charge in [-0.1, -0.05) is 60.3 Å². The van der Waals surface area contributed by atoms with Crippen molar-refractivity contribution in [3.63, 3.8) is 0 Å². The van der Waals surface area contributed by atoms with Gasteiger partial charge in [-0.2, -0.15) is 0 Å². The Kier molecular flexibility index (Phi) is 6.29. The molecular formula is C23H24N6S. The van der Waals surface area contributed by atoms with Crippen LogP contribution >= 0.6 is 11.8 Å². The Morgan fingerprint density at radius 3 is 2.60 bits per heavy atom. The molecular weight excluding hydrogens is 392 g/mol. The van der Waals surface area contributed by atoms with E-state index < -0.39 is 0 Å². The molecule has 2 heterocycles. The van der Waals surface area contributed by atoms with Crippen molar-refractivity contribution < 1.29 is 0 Å². The quantitative estimate of drug-likeness (QED) is 0.252. The molecule has 0 fully saturated rings. The van der Waals surface area contributed by atoms with Crippen LogP contribution in [0.5, 0.6) is 0 Å². The number of hydrogen-bond donors (Lipinski definition) is 4. The standard InChI is InChI=1S/C23H24N6S/c24-22(21-13-18-9-4-5-11-20(18)28-21)29(12-6-10-19-14-26-16-27-19)23(25)30-15-17-7-2-1-3-8-17/h1-5,7-9,11,13-14,16,24-25,28H,6,10,12,15H2,(H,26,27). The normalized spacial score (nSPS) is 10.9. The molecule has 0 amide bonds. The van der Waals surface area contributed by atoms with E-state index in [4.69, 9.17) is 10.8 Å². The fraction of sp³-hybridized carbons (Fsp3) is 0.174. The number of aromatic amines is 2. The molecule has 0 aliphatic carbocycles. The number of amidine groups is 2. The summed E-state index contributed by atoms with van der Waals surface area (Å²) in [4.78, 5) is 12.3. The summed E-state index contributed by atoms with van der Waals surface area (Å²) in [6.07, 6.45) is 5.15. The van der Waals surface area contributed by atoms with Gasteiger partial charge in [-0.3, -0.25) is 10.8 Å². The first kappa shape index (κ1) is 20.0. The van der Waals surface area contributed by atoms with Gasteiger partial charge in [0, 0.05) is 35.1 Å². The van der Waals surface area contributed by atoms with Crippen molar-refractivity contribution in [3.8, 4) is 0 Å². The van der Waals surface area contributed by atoms with Gasteiger partial charge >= 0.3 is 0 Å². The molecule has 0 saturated carbocycles. The highest BCUT2D eigenvalue weighted by atomic mass is 32.2. The monoisotopic (exact) mass is 416 g/mol. The highest BCUT2D eigenvalue weighted by molar-refractivity contribution is 8.13. The number of H-pyrrole nitrogens is 2. The molecule has 0 atom stereocenters. The third-order valence-electron chi connectivity index (χ3n) is 4.90. The zero-order valence-electron chi connectivity index (χ0n) is 16.6. The van der Waals surface area contributed by atoms with Crippen LogP contribution in [0.3, 0.4) is 0 Å². The summed E-state index contributed by atoms with van der Waals surface area (Å²) in [5.74, 6) is 1.03. The lowest BCUT2D eigenvalue weighted by Gasteiger charge is -2.24. The lowest BCUT2D eigenvalue weighted by molar-refractivity contribution is 0.574. The van der Waals surface area contributed by atoms with E-state index in [0.717, 1.165) is 35.1 Å². The van der Waals surface area contributed by atoms with Gasteiger partial charge in [-0.05, 0) is 30.5 Å². The third-order valence-corrected chi connectivity index (χ3v) is 5.87. The lowest BCUT2D eigenvalue weighted by Crippen LogP contribution is -2.36. The van der Waals surface area contributed by atoms with E-state index in [2.05, 4.69) is 27.1 Å². The third kappa shape index (κ3) is 4.80. The second kappa shape index (κ2) is 9.45. The number of imidazole rings is 1. The molecule has 7 heteroatoms. The summed E-state index contributed by atoms with van der Waals surface area (Å²) in [6.45, 7) is 0.591. The minimum atomic E-state index is 0.321. The van der Waals surface area contributed by atoms with Crippen molar-refractivity contribution in [3.05, 3.63) is 90.1 Å². The SMILES string of the molecule is N=C(SCc1ccccc1)N(CCCc1cnc[nH]1)C(=N)c1cc2ccccc2[nH]1. The van der Waals surface area contributed by atoms with Crippen LogP contribution in [0.2, 0.25) is 0 Å². The molecule has 0 aliphatic heterocycles. The topological polar surface area (TPSA) is 95.4 Å². The first-order chi connectivity index (χ1) is 14.7. The Bertz CT molecular complexity index is 1080. The summed E-state index contributed by atoms with van der Waals surface area (Å²) in [6, 6.07) is 20.1. The van der Waals surface area contributed by atoms with Crippen molar-refractivity contribution in [2.45, 2.75) is 18.6 Å². The number of nitrogens with zero attached hydrogens (tertiary/aromatic N) is 2. The highest BCUT2D eigenvalue weighted by Gasteiger charge is 2.19. The zero-order chi connectivity index (χ0) is 20.8. The summed E-state index contributed by atoms with van der Waals surface area (Å²) < 4.78 is 0. The molecule has 0 saturated heterocycles. The van der Waals surface area contributed by atoms with Gasteiger partial charge in [0.25, 0.3) is 0 Å². The number of aryl methyl sites for hydroxylation is 1. The molecule has 0 aliphatic rings. The van der Waals surface area contributed by atoms with Gasteiger partial charge < -0.3 is 14.9 Å². The Morgan fingerprint density at radius 1 is 1.03 bits per heavy atom. The Morgan fingerprint density at radius 2 is 1.83 bits per heavy atom. The number of thioether (sulfide) groups is 1. The van der Waals surface area contributed by atoms with E-state index in [-0.39, 0.29) is 0 Å². The molecule has 30 heavy (non-hydrogen) atoms. The highest BCUT2D eigenvalue weighted by Crippen LogP contribution is 2.20. The molecule has 2 aromatic heterocycles. The number of fused-ring (bicyclic) bond motifs is 1. The second-order valence-corrected chi connectivity index (χ2v) is 7.99. The lowest BCUT2D eigenvalue weighted by atomic mass is 10.2. The van der Waals surface area contributed by atoms with Crippen LogP contribution in [0.4, 0.5) is 0 Å². The molecule has 0 radical (unpaired) electrons. The van der Waals surface area contributed by atoms with Crippen LogP contribution in [0.15, 0.2) is 73.2 Å². The zero-order valence-corrected chi connectivity index (χ0v) is 17.4. The number of rotatable bonds is 7. The van der Waals surface area contributed by atoms with Crippen LogP contribution in [0.25, 0.3) is 10.9 Å². The number of nitrogens with one attached hydrogen (secondary N) is 4. The van der Waals surface area contributed by atoms with E-state index in [1.165, 1.54) is 17.3 Å². The van der Waals surface area contributed by atoms with Crippen molar-refractivity contribution >= 4 is 33.7 Å². The Labute approximate surface area is 179 Å². The molecule has 4 aromatic rings. The minimum absolute atomic E-state index is 0.321. The van der Waals surface area contributed by atoms with E-state index in [9.17, 15) is 0 Å². The van der Waals surface area contributed by atoms with Crippen molar-refractivity contribution in [2.24, 2.45) is 0 Å². The van der Waals surface area contributed by atoms with Gasteiger partial charge in [0.2, 0.25) is 0 Å². The number of hydrogen-bond acceptors (Lipinski definition) is 4. The Balaban J connectivity index is 1.48. The molecule has 152 valence electrons. The predicted molar refractivity (Wildman–Crippen MR) is 124 cm³/mol. The van der Waals surface area contributed by atoms with Gasteiger partial charge in [0.1, 0.15) is 0 Å². The Hall–Kier alpha value is -3.32. The maximum atomic E-state index is 8.81. The van der Waals surface area contributed by atoms with E-state index >= 15 is 0 Å². The summed E-state index contributed by atoms with van der Waals surface area (Å²) in [7, 11) is 0. The van der Waals surface area contributed by atoms with Gasteiger partial charge in [-0.25, -0.2) is 4.98 Å². The molecule has 0 bridgehead atoms. The van der Waals surface area contributed by atoms with E-state index in [1.807, 2.05) is 54.7 Å². The van der Waals surface area contributed by atoms with Crippen molar-refractivity contribution in [1.82, 2.24) is 19.9 Å². The second-order valence-electron chi connectivity index (χ2n) is 7.03. The van der Waals surface area contributed by atoms with E-state index in [1.54, 1.807) is 11.2 Å². The maximum absolute atomic E-state index is 8.81. The number of aromatic nitrogens is 3. The molecule has 4 N–H and O–H groups in total. The van der Waals surface area contributed by atoms with Crippen LogP contribution in [0.1, 0.15) is 23.4 Å². The summed E-state index contributed by atoms with van der Waals surface area (Å²) >= 11 is 1.45. The van der Waals surface area contributed by atoms with Gasteiger partial charge in [0.15, 0.2) is 11.0 Å². The fourth-order valence-corrected chi connectivity index (χ4v) is 4.15. The average molecular weight is 417 g/mol. The van der Waals surface area contributed by atoms with Crippen molar-refractivity contribution in [2.75, 3.05) is 6.54 Å². The minimum Gasteiger partial charge on any atom is -0.352 e. The molecule has 0 spiro atoms. The number of benzene rings is 2. The smallest absolute Gasteiger partial charge is 0.162 e. The van der Waals surface area contributed by atoms with Crippen molar-refractivity contribution in [1.29, 1.82) is 10.8 Å². The van der Waals surface area contributed by atoms with Gasteiger partial charge in [-0.15, -0.1) is 0 Å². The van der Waals surface area contributed by atoms with Crippen LogP contribution in [0, 0.1) is 10.8 Å². The molecule has 2 aromatic carbocycles. The predicted octanol–water partition coefficient (Wildman–Crippen LogP) is 5.02. The largest absolute Gasteiger partial charge is 0.352 e.